The van der Waals surface area contributed by atoms with E-state index in [9.17, 15) is 5.11 Å². The molecule has 4 heteroatoms. The Bertz CT molecular complexity index is 713. The van der Waals surface area contributed by atoms with Gasteiger partial charge in [-0.1, -0.05) is 13.8 Å². The van der Waals surface area contributed by atoms with Crippen LogP contribution in [0, 0.1) is 34.5 Å². The number of hydrogen-bond donors (Lipinski definition) is 2. The highest BCUT2D eigenvalue weighted by molar-refractivity contribution is 7.15. The second-order valence-corrected chi connectivity index (χ2v) is 11.3. The Kier molecular flexibility index (Phi) is 3.32. The van der Waals surface area contributed by atoms with Crippen molar-refractivity contribution in [3.05, 3.63) is 10.6 Å². The first-order valence-electron chi connectivity index (χ1n) is 10.2. The number of nitrogen functional groups attached to an aromatic ring is 1. The molecule has 3 N–H and O–H groups in total. The van der Waals surface area contributed by atoms with Crippen LogP contribution in [0.15, 0.2) is 0 Å². The number of fused-ring (bicyclic) bond motifs is 6. The largest absolute Gasteiger partial charge is 0.390 e. The first-order chi connectivity index (χ1) is 11.7. The number of aliphatic hydroxyl groups is 1. The quantitative estimate of drug-likeness (QED) is 0.719. The van der Waals surface area contributed by atoms with Gasteiger partial charge in [0.15, 0.2) is 5.13 Å². The van der Waals surface area contributed by atoms with Gasteiger partial charge in [-0.3, -0.25) is 0 Å². The first-order valence-corrected chi connectivity index (χ1v) is 11.0. The van der Waals surface area contributed by atoms with Gasteiger partial charge < -0.3 is 10.8 Å². The first kappa shape index (κ1) is 16.6. The van der Waals surface area contributed by atoms with Crippen molar-refractivity contribution in [3.63, 3.8) is 0 Å². The summed E-state index contributed by atoms with van der Waals surface area (Å²) < 4.78 is 0. The molecule has 3 nitrogen and oxygen atoms in total. The van der Waals surface area contributed by atoms with Gasteiger partial charge in [0.25, 0.3) is 0 Å². The molecule has 5 rings (SSSR count). The van der Waals surface area contributed by atoms with E-state index in [4.69, 9.17) is 5.73 Å². The molecular weight excluding hydrogens is 328 g/mol. The number of aromatic nitrogens is 1. The molecule has 0 saturated heterocycles. The summed E-state index contributed by atoms with van der Waals surface area (Å²) in [6.07, 6.45) is 9.73. The molecule has 0 amide bonds. The van der Waals surface area contributed by atoms with Gasteiger partial charge in [0, 0.05) is 4.88 Å². The van der Waals surface area contributed by atoms with Crippen LogP contribution in [0.5, 0.6) is 0 Å². The lowest BCUT2D eigenvalue weighted by atomic mass is 9.45. The minimum atomic E-state index is -0.466. The third kappa shape index (κ3) is 2.04. The van der Waals surface area contributed by atoms with Gasteiger partial charge in [0.05, 0.1) is 11.3 Å². The highest BCUT2D eigenvalue weighted by atomic mass is 32.1. The summed E-state index contributed by atoms with van der Waals surface area (Å²) in [6.45, 7) is 7.06. The molecule has 138 valence electrons. The van der Waals surface area contributed by atoms with E-state index in [1.165, 1.54) is 49.1 Å². The van der Waals surface area contributed by atoms with Crippen LogP contribution in [0.2, 0.25) is 0 Å². The molecule has 0 unspecified atom stereocenters. The minimum Gasteiger partial charge on any atom is -0.390 e. The molecule has 25 heavy (non-hydrogen) atoms. The maximum absolute atomic E-state index is 11.0. The Hall–Kier alpha value is -0.610. The molecule has 1 aromatic rings. The second-order valence-electron chi connectivity index (χ2n) is 10.2. The van der Waals surface area contributed by atoms with Crippen LogP contribution in [0.3, 0.4) is 0 Å². The third-order valence-electron chi connectivity index (χ3n) is 9.40. The Morgan fingerprint density at radius 1 is 1.08 bits per heavy atom. The predicted molar refractivity (Wildman–Crippen MR) is 102 cm³/mol. The second kappa shape index (κ2) is 5.01. The lowest BCUT2D eigenvalue weighted by Crippen LogP contribution is -2.56. The van der Waals surface area contributed by atoms with E-state index in [2.05, 4.69) is 25.8 Å². The summed E-state index contributed by atoms with van der Waals surface area (Å²) in [5.74, 6) is 3.11. The Balaban J connectivity index is 1.50. The molecule has 0 radical (unpaired) electrons. The number of anilines is 1. The monoisotopic (exact) mass is 360 g/mol. The van der Waals surface area contributed by atoms with Gasteiger partial charge in [-0.15, -0.1) is 11.3 Å². The lowest BCUT2D eigenvalue weighted by Gasteiger charge is -2.60. The van der Waals surface area contributed by atoms with Gasteiger partial charge in [-0.2, -0.15) is 0 Å². The SMILES string of the molecule is C[C@]12Cc3sc(N)nc3C[C@@H]1CC[C@@H]1[C@@H]2CC[C@@]2(C)[C@H]1CC[C@]2(C)O. The fourth-order valence-electron chi connectivity index (χ4n) is 7.67. The van der Waals surface area contributed by atoms with Crippen LogP contribution in [-0.2, 0) is 12.8 Å². The maximum atomic E-state index is 11.0. The average Bonchev–Trinajstić information content (AvgIpc) is 3.00. The number of nitrogens with two attached hydrogens (primary N) is 1. The smallest absolute Gasteiger partial charge is 0.180 e. The van der Waals surface area contributed by atoms with Crippen molar-refractivity contribution in [3.8, 4) is 0 Å². The summed E-state index contributed by atoms with van der Waals surface area (Å²) in [6, 6.07) is 0. The van der Waals surface area contributed by atoms with E-state index < -0.39 is 5.60 Å². The van der Waals surface area contributed by atoms with Crippen LogP contribution in [0.1, 0.15) is 69.9 Å². The van der Waals surface area contributed by atoms with Crippen LogP contribution in [0.25, 0.3) is 0 Å². The molecule has 7 atom stereocenters. The average molecular weight is 361 g/mol. The predicted octanol–water partition coefficient (Wildman–Crippen LogP) is 4.43. The molecule has 3 saturated carbocycles. The standard InChI is InChI=1S/C21H32N2OS/c1-19-11-17-16(23-18(22)25-17)10-12(19)4-5-13-14(19)6-8-20(2)15(13)7-9-21(20,3)24/h12-15,24H,4-11H2,1-3H3,(H2,22,23)/t12-,13+,14-,15-,19-,20-,21-/m0/s1. The number of nitrogens with zero attached hydrogens (tertiary/aromatic N) is 1. The highest BCUT2D eigenvalue weighted by Crippen LogP contribution is 2.67. The van der Waals surface area contributed by atoms with Gasteiger partial charge >= 0.3 is 0 Å². The molecule has 0 spiro atoms. The van der Waals surface area contributed by atoms with Crippen molar-refractivity contribution in [1.29, 1.82) is 0 Å². The van der Waals surface area contributed by atoms with Crippen LogP contribution in [0.4, 0.5) is 5.13 Å². The van der Waals surface area contributed by atoms with E-state index >= 15 is 0 Å². The number of hydrogen-bond acceptors (Lipinski definition) is 4. The van der Waals surface area contributed by atoms with E-state index in [-0.39, 0.29) is 5.41 Å². The Labute approximate surface area is 155 Å². The molecular formula is C21H32N2OS. The zero-order valence-electron chi connectivity index (χ0n) is 15.8. The topological polar surface area (TPSA) is 59.1 Å². The molecule has 1 heterocycles. The summed E-state index contributed by atoms with van der Waals surface area (Å²) in [4.78, 5) is 6.09. The van der Waals surface area contributed by atoms with Crippen LogP contribution in [-0.4, -0.2) is 15.7 Å². The minimum absolute atomic E-state index is 0.131. The van der Waals surface area contributed by atoms with E-state index in [1.54, 1.807) is 11.3 Å². The summed E-state index contributed by atoms with van der Waals surface area (Å²) in [5.41, 5.74) is 7.39. The van der Waals surface area contributed by atoms with Crippen molar-refractivity contribution >= 4 is 16.5 Å². The zero-order valence-corrected chi connectivity index (χ0v) is 16.7. The maximum Gasteiger partial charge on any atom is 0.180 e. The fraction of sp³-hybridized carbons (Fsp3) is 0.857. The van der Waals surface area contributed by atoms with Crippen molar-refractivity contribution < 1.29 is 5.11 Å². The molecule has 1 aromatic heterocycles. The van der Waals surface area contributed by atoms with Crippen molar-refractivity contribution in [2.45, 2.75) is 77.7 Å². The summed E-state index contributed by atoms with van der Waals surface area (Å²) >= 11 is 1.73. The molecule has 0 aliphatic heterocycles. The Morgan fingerprint density at radius 3 is 2.64 bits per heavy atom. The molecule has 0 bridgehead atoms. The van der Waals surface area contributed by atoms with Crippen LogP contribution >= 0.6 is 11.3 Å². The van der Waals surface area contributed by atoms with Crippen molar-refractivity contribution in [2.24, 2.45) is 34.5 Å². The van der Waals surface area contributed by atoms with E-state index in [0.29, 0.717) is 11.3 Å². The molecule has 4 aliphatic rings. The number of thiazole rings is 1. The highest BCUT2D eigenvalue weighted by Gasteiger charge is 2.63. The van der Waals surface area contributed by atoms with E-state index in [0.717, 1.165) is 35.7 Å². The van der Waals surface area contributed by atoms with Gasteiger partial charge in [0.2, 0.25) is 0 Å². The van der Waals surface area contributed by atoms with E-state index in [1.807, 2.05) is 0 Å². The third-order valence-corrected chi connectivity index (χ3v) is 10.3. The van der Waals surface area contributed by atoms with Crippen molar-refractivity contribution in [1.82, 2.24) is 4.98 Å². The summed E-state index contributed by atoms with van der Waals surface area (Å²) in [7, 11) is 0. The van der Waals surface area contributed by atoms with Crippen LogP contribution < -0.4 is 5.73 Å². The molecule has 3 fully saturated rings. The normalized spacial score (nSPS) is 51.4. The van der Waals surface area contributed by atoms with Gasteiger partial charge in [0.1, 0.15) is 0 Å². The molecule has 0 aromatic carbocycles. The zero-order chi connectivity index (χ0) is 17.6. The van der Waals surface area contributed by atoms with Crippen molar-refractivity contribution in [2.75, 3.05) is 5.73 Å². The number of rotatable bonds is 0. The van der Waals surface area contributed by atoms with Gasteiger partial charge in [-0.05, 0) is 92.8 Å². The fourth-order valence-corrected chi connectivity index (χ4v) is 8.71. The molecule has 4 aliphatic carbocycles. The van der Waals surface area contributed by atoms with Gasteiger partial charge in [-0.25, -0.2) is 4.98 Å². The Morgan fingerprint density at radius 2 is 1.84 bits per heavy atom. The lowest BCUT2D eigenvalue weighted by molar-refractivity contribution is -0.139. The summed E-state index contributed by atoms with van der Waals surface area (Å²) in [5, 5.41) is 11.8.